The Labute approximate surface area is 136 Å². The standard InChI is InChI=1S/C17H24N2O4/c1-23-16(21)14-4-8-17(22,9-5-14)12-19-15(20)3-2-13-6-10-18-11-7-13/h6-7,10-11,14,22H,2-5,8-9,12H2,1H3,(H,19,20). The van der Waals surface area contributed by atoms with Crippen LogP contribution in [0.4, 0.5) is 0 Å². The molecular weight excluding hydrogens is 296 g/mol. The van der Waals surface area contributed by atoms with E-state index in [1.165, 1.54) is 7.11 Å². The van der Waals surface area contributed by atoms with Crippen molar-refractivity contribution in [3.05, 3.63) is 30.1 Å². The fourth-order valence-electron chi connectivity index (χ4n) is 2.89. The first kappa shape index (κ1) is 17.4. The lowest BCUT2D eigenvalue weighted by Crippen LogP contribution is -2.46. The van der Waals surface area contributed by atoms with Crippen LogP contribution in [0.1, 0.15) is 37.7 Å². The number of carbonyl (C=O) groups is 2. The molecule has 1 saturated carbocycles. The summed E-state index contributed by atoms with van der Waals surface area (Å²) in [6, 6.07) is 3.77. The second-order valence-electron chi connectivity index (χ2n) is 6.15. The summed E-state index contributed by atoms with van der Waals surface area (Å²) in [7, 11) is 1.38. The smallest absolute Gasteiger partial charge is 0.308 e. The highest BCUT2D eigenvalue weighted by Gasteiger charge is 2.36. The average molecular weight is 320 g/mol. The lowest BCUT2D eigenvalue weighted by atomic mass is 9.79. The molecule has 0 spiro atoms. The number of nitrogens with zero attached hydrogens (tertiary/aromatic N) is 1. The zero-order valence-electron chi connectivity index (χ0n) is 13.5. The minimum Gasteiger partial charge on any atom is -0.469 e. The third-order valence-electron chi connectivity index (χ3n) is 4.46. The van der Waals surface area contributed by atoms with Crippen LogP contribution in [-0.2, 0) is 20.7 Å². The van der Waals surface area contributed by atoms with Crippen molar-refractivity contribution >= 4 is 11.9 Å². The largest absolute Gasteiger partial charge is 0.469 e. The van der Waals surface area contributed by atoms with E-state index in [0.29, 0.717) is 38.5 Å². The molecule has 126 valence electrons. The fourth-order valence-corrected chi connectivity index (χ4v) is 2.89. The molecule has 23 heavy (non-hydrogen) atoms. The van der Waals surface area contributed by atoms with Crippen molar-refractivity contribution in [2.24, 2.45) is 5.92 Å². The van der Waals surface area contributed by atoms with Gasteiger partial charge in [0.05, 0.1) is 18.6 Å². The van der Waals surface area contributed by atoms with Gasteiger partial charge in [-0.15, -0.1) is 0 Å². The number of pyridine rings is 1. The van der Waals surface area contributed by atoms with E-state index in [-0.39, 0.29) is 24.3 Å². The van der Waals surface area contributed by atoms with E-state index >= 15 is 0 Å². The number of esters is 1. The molecule has 1 aromatic heterocycles. The number of methoxy groups -OCH3 is 1. The second-order valence-corrected chi connectivity index (χ2v) is 6.15. The van der Waals surface area contributed by atoms with E-state index < -0.39 is 5.60 Å². The van der Waals surface area contributed by atoms with Crippen molar-refractivity contribution in [3.63, 3.8) is 0 Å². The average Bonchev–Trinajstić information content (AvgIpc) is 2.59. The Balaban J connectivity index is 1.71. The van der Waals surface area contributed by atoms with E-state index in [2.05, 4.69) is 10.3 Å². The molecule has 1 fully saturated rings. The van der Waals surface area contributed by atoms with Gasteiger partial charge >= 0.3 is 5.97 Å². The van der Waals surface area contributed by atoms with Crippen LogP contribution in [0, 0.1) is 5.92 Å². The molecule has 1 heterocycles. The summed E-state index contributed by atoms with van der Waals surface area (Å²) in [6.45, 7) is 0.232. The molecule has 6 heteroatoms. The number of hydrogen-bond donors (Lipinski definition) is 2. The number of nitrogens with one attached hydrogen (secondary N) is 1. The van der Waals surface area contributed by atoms with Gasteiger partial charge in [-0.25, -0.2) is 0 Å². The minimum atomic E-state index is -0.920. The number of ether oxygens (including phenoxy) is 1. The number of aromatic nitrogens is 1. The predicted octanol–water partition coefficient (Wildman–Crippen LogP) is 1.22. The Hall–Kier alpha value is -1.95. The van der Waals surface area contributed by atoms with Crippen LogP contribution in [0.25, 0.3) is 0 Å². The first-order valence-electron chi connectivity index (χ1n) is 7.98. The number of hydrogen-bond acceptors (Lipinski definition) is 5. The van der Waals surface area contributed by atoms with Crippen molar-refractivity contribution in [2.45, 2.75) is 44.1 Å². The molecule has 0 unspecified atom stereocenters. The Kier molecular flexibility index (Phi) is 6.10. The third-order valence-corrected chi connectivity index (χ3v) is 4.46. The minimum absolute atomic E-state index is 0.0784. The van der Waals surface area contributed by atoms with E-state index in [4.69, 9.17) is 4.74 Å². The maximum absolute atomic E-state index is 11.9. The number of amides is 1. The summed E-state index contributed by atoms with van der Waals surface area (Å²) in [5, 5.41) is 13.3. The maximum atomic E-state index is 11.9. The summed E-state index contributed by atoms with van der Waals surface area (Å²) in [4.78, 5) is 27.3. The third kappa shape index (κ3) is 5.32. The highest BCUT2D eigenvalue weighted by Crippen LogP contribution is 2.32. The van der Waals surface area contributed by atoms with Crippen LogP contribution >= 0.6 is 0 Å². The Bertz CT molecular complexity index is 525. The van der Waals surface area contributed by atoms with E-state index in [1.807, 2.05) is 12.1 Å². The van der Waals surface area contributed by atoms with Gasteiger partial charge < -0.3 is 15.2 Å². The maximum Gasteiger partial charge on any atom is 0.308 e. The van der Waals surface area contributed by atoms with Gasteiger partial charge in [0.2, 0.25) is 5.91 Å². The summed E-state index contributed by atoms with van der Waals surface area (Å²) >= 11 is 0. The molecule has 2 rings (SSSR count). The SMILES string of the molecule is COC(=O)C1CCC(O)(CNC(=O)CCc2ccncc2)CC1. The molecule has 1 aromatic rings. The molecule has 0 bridgehead atoms. The number of rotatable bonds is 6. The first-order chi connectivity index (χ1) is 11.0. The summed E-state index contributed by atoms with van der Waals surface area (Å²) < 4.78 is 4.74. The molecule has 1 amide bonds. The quantitative estimate of drug-likeness (QED) is 0.770. The molecular formula is C17H24N2O4. The highest BCUT2D eigenvalue weighted by atomic mass is 16.5. The van der Waals surface area contributed by atoms with Crippen LogP contribution in [-0.4, -0.2) is 41.2 Å². The van der Waals surface area contributed by atoms with Gasteiger partial charge in [-0.2, -0.15) is 0 Å². The Morgan fingerprint density at radius 3 is 2.61 bits per heavy atom. The topological polar surface area (TPSA) is 88.5 Å². The second kappa shape index (κ2) is 8.06. The van der Waals surface area contributed by atoms with Crippen LogP contribution in [0.15, 0.2) is 24.5 Å². The van der Waals surface area contributed by atoms with Gasteiger partial charge in [0, 0.05) is 25.4 Å². The van der Waals surface area contributed by atoms with E-state index in [1.54, 1.807) is 12.4 Å². The molecule has 0 saturated heterocycles. The molecule has 0 atom stereocenters. The van der Waals surface area contributed by atoms with E-state index in [9.17, 15) is 14.7 Å². The Morgan fingerprint density at radius 1 is 1.35 bits per heavy atom. The molecule has 1 aliphatic carbocycles. The summed E-state index contributed by atoms with van der Waals surface area (Å²) in [6.07, 6.45) is 6.62. The van der Waals surface area contributed by atoms with Gasteiger partial charge in [0.1, 0.15) is 0 Å². The van der Waals surface area contributed by atoms with Gasteiger partial charge in [0.15, 0.2) is 0 Å². The highest BCUT2D eigenvalue weighted by molar-refractivity contribution is 5.76. The lowest BCUT2D eigenvalue weighted by molar-refractivity contribution is -0.148. The molecule has 0 radical (unpaired) electrons. The predicted molar refractivity (Wildman–Crippen MR) is 84.5 cm³/mol. The molecule has 2 N–H and O–H groups in total. The van der Waals surface area contributed by atoms with Crippen molar-refractivity contribution in [3.8, 4) is 0 Å². The van der Waals surface area contributed by atoms with Crippen molar-refractivity contribution in [1.82, 2.24) is 10.3 Å². The lowest BCUT2D eigenvalue weighted by Gasteiger charge is -2.35. The molecule has 1 aliphatic rings. The first-order valence-corrected chi connectivity index (χ1v) is 7.98. The molecule has 0 aliphatic heterocycles. The van der Waals surface area contributed by atoms with Crippen molar-refractivity contribution in [2.75, 3.05) is 13.7 Å². The molecule has 6 nitrogen and oxygen atoms in total. The van der Waals surface area contributed by atoms with Crippen LogP contribution in [0.2, 0.25) is 0 Å². The molecule has 0 aromatic carbocycles. The fraction of sp³-hybridized carbons (Fsp3) is 0.588. The Morgan fingerprint density at radius 2 is 2.00 bits per heavy atom. The van der Waals surface area contributed by atoms with Crippen LogP contribution < -0.4 is 5.32 Å². The summed E-state index contributed by atoms with van der Waals surface area (Å²) in [5.41, 5.74) is 0.143. The van der Waals surface area contributed by atoms with Gasteiger partial charge in [-0.05, 0) is 49.8 Å². The van der Waals surface area contributed by atoms with Gasteiger partial charge in [-0.3, -0.25) is 14.6 Å². The zero-order valence-corrected chi connectivity index (χ0v) is 13.5. The van der Waals surface area contributed by atoms with Crippen LogP contribution in [0.5, 0.6) is 0 Å². The zero-order chi connectivity index (χ0) is 16.7. The van der Waals surface area contributed by atoms with Crippen LogP contribution in [0.3, 0.4) is 0 Å². The number of aryl methyl sites for hydroxylation is 1. The number of carbonyl (C=O) groups excluding carboxylic acids is 2. The van der Waals surface area contributed by atoms with Crippen molar-refractivity contribution < 1.29 is 19.4 Å². The normalized spacial score (nSPS) is 24.0. The van der Waals surface area contributed by atoms with Gasteiger partial charge in [0.25, 0.3) is 0 Å². The monoisotopic (exact) mass is 320 g/mol. The number of aliphatic hydroxyl groups is 1. The van der Waals surface area contributed by atoms with Crippen molar-refractivity contribution in [1.29, 1.82) is 0 Å². The van der Waals surface area contributed by atoms with E-state index in [0.717, 1.165) is 5.56 Å². The summed E-state index contributed by atoms with van der Waals surface area (Å²) in [5.74, 6) is -0.429. The van der Waals surface area contributed by atoms with Gasteiger partial charge in [-0.1, -0.05) is 0 Å².